The molecule has 5 nitrogen and oxygen atoms in total. The van der Waals surface area contributed by atoms with E-state index < -0.39 is 5.60 Å². The average molecular weight is 323 g/mol. The van der Waals surface area contributed by atoms with Crippen LogP contribution in [0.15, 0.2) is 0 Å². The van der Waals surface area contributed by atoms with Crippen LogP contribution in [0.4, 0.5) is 4.79 Å². The van der Waals surface area contributed by atoms with Gasteiger partial charge in [0.1, 0.15) is 5.60 Å². The van der Waals surface area contributed by atoms with Crippen molar-refractivity contribution in [2.24, 2.45) is 5.92 Å². The van der Waals surface area contributed by atoms with Crippen LogP contribution in [0.5, 0.6) is 0 Å². The van der Waals surface area contributed by atoms with E-state index in [9.17, 15) is 4.79 Å². The minimum absolute atomic E-state index is 0.174. The van der Waals surface area contributed by atoms with Crippen LogP contribution in [0, 0.1) is 5.92 Å². The Bertz CT molecular complexity index is 409. The molecule has 1 aliphatic carbocycles. The van der Waals surface area contributed by atoms with E-state index in [4.69, 9.17) is 4.74 Å². The van der Waals surface area contributed by atoms with E-state index in [1.54, 1.807) is 0 Å². The molecule has 1 saturated carbocycles. The van der Waals surface area contributed by atoms with Gasteiger partial charge in [-0.2, -0.15) is 0 Å². The summed E-state index contributed by atoms with van der Waals surface area (Å²) in [5.41, 5.74) is -0.404. The molecule has 0 bridgehead atoms. The second-order valence-corrected chi connectivity index (χ2v) is 8.51. The van der Waals surface area contributed by atoms with E-state index >= 15 is 0 Å². The first kappa shape index (κ1) is 17.0. The van der Waals surface area contributed by atoms with Crippen LogP contribution < -0.4 is 10.6 Å². The Hall–Kier alpha value is -0.810. The topological polar surface area (TPSA) is 53.6 Å². The van der Waals surface area contributed by atoms with Gasteiger partial charge in [-0.15, -0.1) is 0 Å². The summed E-state index contributed by atoms with van der Waals surface area (Å²) in [5.74, 6) is 0.769. The number of amides is 1. The van der Waals surface area contributed by atoms with Crippen molar-refractivity contribution in [3.8, 4) is 0 Å². The lowest BCUT2D eigenvalue weighted by Gasteiger charge is -2.43. The number of likely N-dealkylation sites (tertiary alicyclic amines) is 1. The van der Waals surface area contributed by atoms with Crippen molar-refractivity contribution in [3.63, 3.8) is 0 Å². The van der Waals surface area contributed by atoms with Gasteiger partial charge in [-0.25, -0.2) is 4.79 Å². The molecule has 2 saturated heterocycles. The van der Waals surface area contributed by atoms with Gasteiger partial charge in [-0.05, 0) is 58.9 Å². The fourth-order valence-corrected chi connectivity index (χ4v) is 4.28. The summed E-state index contributed by atoms with van der Waals surface area (Å²) in [5, 5.41) is 7.55. The number of carbonyl (C=O) groups excluding carboxylic acids is 1. The van der Waals surface area contributed by atoms with Gasteiger partial charge in [0.15, 0.2) is 0 Å². The van der Waals surface area contributed by atoms with Crippen molar-refractivity contribution < 1.29 is 9.53 Å². The number of ether oxygens (including phenoxy) is 1. The summed E-state index contributed by atoms with van der Waals surface area (Å²) < 4.78 is 5.43. The number of hydrogen-bond acceptors (Lipinski definition) is 4. The fourth-order valence-electron chi connectivity index (χ4n) is 4.28. The molecule has 3 unspecified atom stereocenters. The van der Waals surface area contributed by atoms with E-state index in [1.807, 2.05) is 25.7 Å². The SMILES string of the molecule is CC(C)(C)OC(=O)N1CC(NC2CCCC2C2CCCCN2)C1. The molecule has 1 amide bonds. The van der Waals surface area contributed by atoms with Crippen molar-refractivity contribution >= 4 is 6.09 Å². The second kappa shape index (κ2) is 6.98. The lowest BCUT2D eigenvalue weighted by molar-refractivity contribution is 0.00331. The smallest absolute Gasteiger partial charge is 0.410 e. The molecule has 0 radical (unpaired) electrons. The molecule has 2 aliphatic heterocycles. The molecule has 2 N–H and O–H groups in total. The number of rotatable bonds is 3. The van der Waals surface area contributed by atoms with E-state index in [-0.39, 0.29) is 6.09 Å². The second-order valence-electron chi connectivity index (χ2n) is 8.51. The Kier molecular flexibility index (Phi) is 5.16. The minimum Gasteiger partial charge on any atom is -0.444 e. The van der Waals surface area contributed by atoms with Crippen LogP contribution in [0.1, 0.15) is 59.3 Å². The molecule has 3 atom stereocenters. The normalized spacial score (nSPS) is 32.7. The van der Waals surface area contributed by atoms with Crippen molar-refractivity contribution in [1.82, 2.24) is 15.5 Å². The third-order valence-electron chi connectivity index (χ3n) is 5.42. The van der Waals surface area contributed by atoms with Gasteiger partial charge in [0.2, 0.25) is 0 Å². The highest BCUT2D eigenvalue weighted by atomic mass is 16.6. The summed E-state index contributed by atoms with van der Waals surface area (Å²) in [6.45, 7) is 8.51. The molecular formula is C18H33N3O2. The maximum Gasteiger partial charge on any atom is 0.410 e. The van der Waals surface area contributed by atoms with Crippen LogP contribution >= 0.6 is 0 Å². The number of carbonyl (C=O) groups is 1. The molecule has 0 spiro atoms. The van der Waals surface area contributed by atoms with Gasteiger partial charge in [-0.1, -0.05) is 12.8 Å². The summed E-state index contributed by atoms with van der Waals surface area (Å²) in [7, 11) is 0. The van der Waals surface area contributed by atoms with Gasteiger partial charge in [-0.3, -0.25) is 0 Å². The van der Waals surface area contributed by atoms with Gasteiger partial charge in [0.25, 0.3) is 0 Å². The monoisotopic (exact) mass is 323 g/mol. The van der Waals surface area contributed by atoms with Gasteiger partial charge in [0.05, 0.1) is 0 Å². The number of piperidine rings is 1. The molecule has 23 heavy (non-hydrogen) atoms. The Labute approximate surface area is 140 Å². The quantitative estimate of drug-likeness (QED) is 0.838. The van der Waals surface area contributed by atoms with Crippen molar-refractivity contribution in [3.05, 3.63) is 0 Å². The maximum absolute atomic E-state index is 12.0. The predicted octanol–water partition coefficient (Wildman–Crippen LogP) is 2.51. The molecule has 0 aromatic rings. The van der Waals surface area contributed by atoms with Crippen molar-refractivity contribution in [1.29, 1.82) is 0 Å². The number of hydrogen-bond donors (Lipinski definition) is 2. The third-order valence-corrected chi connectivity index (χ3v) is 5.42. The van der Waals surface area contributed by atoms with Gasteiger partial charge < -0.3 is 20.3 Å². The first-order chi connectivity index (χ1) is 10.9. The Balaban J connectivity index is 1.43. The summed E-state index contributed by atoms with van der Waals surface area (Å²) in [4.78, 5) is 13.8. The van der Waals surface area contributed by atoms with E-state index in [0.717, 1.165) is 19.0 Å². The molecule has 132 valence electrons. The molecule has 3 rings (SSSR count). The van der Waals surface area contributed by atoms with E-state index in [2.05, 4.69) is 10.6 Å². The van der Waals surface area contributed by atoms with E-state index in [1.165, 1.54) is 45.1 Å². The summed E-state index contributed by atoms with van der Waals surface area (Å²) in [6.07, 6.45) is 7.82. The van der Waals surface area contributed by atoms with Crippen LogP contribution in [0.2, 0.25) is 0 Å². The molecule has 5 heteroatoms. The average Bonchev–Trinajstić information content (AvgIpc) is 2.89. The minimum atomic E-state index is -0.404. The molecule has 0 aromatic carbocycles. The van der Waals surface area contributed by atoms with Crippen molar-refractivity contribution in [2.75, 3.05) is 19.6 Å². The van der Waals surface area contributed by atoms with Crippen LogP contribution in [0.25, 0.3) is 0 Å². The third kappa shape index (κ3) is 4.38. The largest absolute Gasteiger partial charge is 0.444 e. The first-order valence-corrected chi connectivity index (χ1v) is 9.40. The Morgan fingerprint density at radius 1 is 1.13 bits per heavy atom. The van der Waals surface area contributed by atoms with Crippen LogP contribution in [-0.2, 0) is 4.74 Å². The zero-order valence-electron chi connectivity index (χ0n) is 14.9. The standard InChI is InChI=1S/C18H33N3O2/c1-18(2,3)23-17(22)21-11-13(12-21)20-16-9-6-7-14(16)15-8-4-5-10-19-15/h13-16,19-20H,4-12H2,1-3H3. The lowest BCUT2D eigenvalue weighted by Crippen LogP contribution is -2.63. The highest BCUT2D eigenvalue weighted by Gasteiger charge is 2.39. The fraction of sp³-hybridized carbons (Fsp3) is 0.944. The van der Waals surface area contributed by atoms with Gasteiger partial charge in [0, 0.05) is 31.2 Å². The predicted molar refractivity (Wildman–Crippen MR) is 91.5 cm³/mol. The highest BCUT2D eigenvalue weighted by Crippen LogP contribution is 2.32. The first-order valence-electron chi connectivity index (χ1n) is 9.40. The van der Waals surface area contributed by atoms with Crippen LogP contribution in [-0.4, -0.2) is 54.4 Å². The lowest BCUT2D eigenvalue weighted by atomic mass is 9.87. The van der Waals surface area contributed by atoms with E-state index in [0.29, 0.717) is 18.1 Å². The molecule has 3 aliphatic rings. The zero-order valence-corrected chi connectivity index (χ0v) is 14.9. The molecular weight excluding hydrogens is 290 g/mol. The number of nitrogens with zero attached hydrogens (tertiary/aromatic N) is 1. The highest BCUT2D eigenvalue weighted by molar-refractivity contribution is 5.69. The molecule has 0 aromatic heterocycles. The summed E-state index contributed by atoms with van der Waals surface area (Å²) >= 11 is 0. The van der Waals surface area contributed by atoms with Gasteiger partial charge >= 0.3 is 6.09 Å². The molecule has 3 fully saturated rings. The van der Waals surface area contributed by atoms with Crippen LogP contribution in [0.3, 0.4) is 0 Å². The Morgan fingerprint density at radius 2 is 1.91 bits per heavy atom. The summed E-state index contributed by atoms with van der Waals surface area (Å²) in [6, 6.07) is 1.76. The number of nitrogens with one attached hydrogen (secondary N) is 2. The van der Waals surface area contributed by atoms with Crippen molar-refractivity contribution in [2.45, 2.75) is 83.0 Å². The Morgan fingerprint density at radius 3 is 2.57 bits per heavy atom. The zero-order chi connectivity index (χ0) is 16.4. The molecule has 2 heterocycles. The maximum atomic E-state index is 12.0.